The van der Waals surface area contributed by atoms with Crippen molar-refractivity contribution in [1.29, 1.82) is 0 Å². The lowest BCUT2D eigenvalue weighted by molar-refractivity contribution is -0.153. The first-order valence-corrected chi connectivity index (χ1v) is 7.57. The number of hydrogen-bond acceptors (Lipinski definition) is 3. The van der Waals surface area contributed by atoms with E-state index in [4.69, 9.17) is 0 Å². The van der Waals surface area contributed by atoms with Crippen LogP contribution in [0.1, 0.15) is 26.3 Å². The van der Waals surface area contributed by atoms with Crippen molar-refractivity contribution in [3.63, 3.8) is 0 Å². The van der Waals surface area contributed by atoms with Crippen LogP contribution in [-0.2, 0) is 15.1 Å². The summed E-state index contributed by atoms with van der Waals surface area (Å²) in [5, 5.41) is 13.9. The fraction of sp³-hybridized carbons (Fsp3) is 0.278. The van der Waals surface area contributed by atoms with Crippen LogP contribution in [0.3, 0.4) is 0 Å². The Bertz CT molecular complexity index is 874. The third-order valence-electron chi connectivity index (χ3n) is 4.60. The maximum Gasteiger partial charge on any atom is 0.329 e. The Morgan fingerprint density at radius 3 is 2.38 bits per heavy atom. The second kappa shape index (κ2) is 5.06. The molecule has 0 bridgehead atoms. The minimum Gasteiger partial charge on any atom is -0.480 e. The van der Waals surface area contributed by atoms with E-state index in [0.29, 0.717) is 5.56 Å². The quantitative estimate of drug-likeness (QED) is 0.848. The van der Waals surface area contributed by atoms with Gasteiger partial charge < -0.3 is 10.4 Å². The van der Waals surface area contributed by atoms with Crippen molar-refractivity contribution < 1.29 is 19.5 Å². The van der Waals surface area contributed by atoms with Gasteiger partial charge in [0.1, 0.15) is 11.1 Å². The molecule has 2 aromatic carbocycles. The van der Waals surface area contributed by atoms with Crippen LogP contribution in [-0.4, -0.2) is 33.5 Å². The molecule has 1 aliphatic rings. The standard InChI is InChI=1S/C18H18N2O4/c1-17(2,15(22)23)20-14(21)18(3,19-16(20)24)13-9-8-11-6-4-5-7-12(11)10-13/h4-10H,1-3H3,(H,19,24)(H,22,23). The minimum atomic E-state index is -1.63. The van der Waals surface area contributed by atoms with Crippen molar-refractivity contribution in [2.24, 2.45) is 0 Å². The number of benzene rings is 2. The molecule has 3 rings (SSSR count). The van der Waals surface area contributed by atoms with Gasteiger partial charge in [0.2, 0.25) is 0 Å². The summed E-state index contributed by atoms with van der Waals surface area (Å²) in [6.45, 7) is 4.26. The molecule has 1 unspecified atom stereocenters. The minimum absolute atomic E-state index is 0.574. The lowest BCUT2D eigenvalue weighted by atomic mass is 9.89. The van der Waals surface area contributed by atoms with E-state index in [1.54, 1.807) is 13.0 Å². The Hall–Kier alpha value is -2.89. The van der Waals surface area contributed by atoms with E-state index >= 15 is 0 Å². The first-order valence-electron chi connectivity index (χ1n) is 7.57. The van der Waals surface area contributed by atoms with Crippen LogP contribution in [0.4, 0.5) is 4.79 Å². The summed E-state index contributed by atoms with van der Waals surface area (Å²) >= 11 is 0. The SMILES string of the molecule is CC1(c2ccc3ccccc3c2)NC(=O)N(C(C)(C)C(=O)O)C1=O. The van der Waals surface area contributed by atoms with E-state index < -0.39 is 29.0 Å². The van der Waals surface area contributed by atoms with Crippen LogP contribution in [0.15, 0.2) is 42.5 Å². The van der Waals surface area contributed by atoms with Crippen molar-refractivity contribution >= 4 is 28.7 Å². The molecule has 6 heteroatoms. The van der Waals surface area contributed by atoms with Gasteiger partial charge in [0.05, 0.1) is 0 Å². The molecule has 1 aliphatic heterocycles. The highest BCUT2D eigenvalue weighted by Crippen LogP contribution is 2.34. The smallest absolute Gasteiger partial charge is 0.329 e. The van der Waals surface area contributed by atoms with E-state index in [0.717, 1.165) is 15.7 Å². The summed E-state index contributed by atoms with van der Waals surface area (Å²) in [6.07, 6.45) is 0. The molecule has 2 N–H and O–H groups in total. The van der Waals surface area contributed by atoms with Crippen molar-refractivity contribution in [2.75, 3.05) is 0 Å². The summed E-state index contributed by atoms with van der Waals surface area (Å²) < 4.78 is 0. The number of aliphatic carboxylic acids is 1. The van der Waals surface area contributed by atoms with Gasteiger partial charge in [0.15, 0.2) is 0 Å². The third kappa shape index (κ3) is 2.14. The van der Waals surface area contributed by atoms with Gasteiger partial charge in [-0.1, -0.05) is 36.4 Å². The number of carboxylic acid groups (broad SMARTS) is 1. The van der Waals surface area contributed by atoms with Gasteiger partial charge >= 0.3 is 12.0 Å². The highest BCUT2D eigenvalue weighted by Gasteiger charge is 2.56. The van der Waals surface area contributed by atoms with Crippen LogP contribution < -0.4 is 5.32 Å². The van der Waals surface area contributed by atoms with Crippen molar-refractivity contribution in [3.05, 3.63) is 48.0 Å². The van der Waals surface area contributed by atoms with Crippen LogP contribution in [0, 0.1) is 0 Å². The molecule has 1 saturated heterocycles. The average Bonchev–Trinajstić information content (AvgIpc) is 2.77. The number of nitrogens with zero attached hydrogens (tertiary/aromatic N) is 1. The summed E-state index contributed by atoms with van der Waals surface area (Å²) in [7, 11) is 0. The molecule has 24 heavy (non-hydrogen) atoms. The molecule has 0 spiro atoms. The molecule has 0 radical (unpaired) electrons. The van der Waals surface area contributed by atoms with E-state index in [2.05, 4.69) is 5.32 Å². The highest BCUT2D eigenvalue weighted by molar-refractivity contribution is 6.10. The van der Waals surface area contributed by atoms with Crippen molar-refractivity contribution in [3.8, 4) is 0 Å². The van der Waals surface area contributed by atoms with Crippen LogP contribution in [0.2, 0.25) is 0 Å². The number of carboxylic acids is 1. The Morgan fingerprint density at radius 2 is 1.75 bits per heavy atom. The van der Waals surface area contributed by atoms with Gasteiger partial charge in [-0.05, 0) is 43.2 Å². The second-order valence-corrected chi connectivity index (χ2v) is 6.62. The normalized spacial score (nSPS) is 21.2. The monoisotopic (exact) mass is 326 g/mol. The predicted octanol–water partition coefficient (Wildman–Crippen LogP) is 2.47. The van der Waals surface area contributed by atoms with E-state index in [1.807, 2.05) is 36.4 Å². The topological polar surface area (TPSA) is 86.7 Å². The van der Waals surface area contributed by atoms with Gasteiger partial charge in [0.25, 0.3) is 5.91 Å². The van der Waals surface area contributed by atoms with Crippen LogP contribution in [0.25, 0.3) is 10.8 Å². The first-order chi connectivity index (χ1) is 11.2. The van der Waals surface area contributed by atoms with Crippen molar-refractivity contribution in [2.45, 2.75) is 31.8 Å². The first kappa shape index (κ1) is 16.0. The largest absolute Gasteiger partial charge is 0.480 e. The van der Waals surface area contributed by atoms with E-state index in [1.165, 1.54) is 13.8 Å². The summed E-state index contributed by atoms with van der Waals surface area (Å²) in [5.74, 6) is -1.82. The van der Waals surface area contributed by atoms with Gasteiger partial charge in [-0.15, -0.1) is 0 Å². The molecular weight excluding hydrogens is 308 g/mol. The van der Waals surface area contributed by atoms with Gasteiger partial charge in [-0.2, -0.15) is 0 Å². The molecule has 0 aliphatic carbocycles. The molecule has 3 amide bonds. The number of fused-ring (bicyclic) bond motifs is 1. The van der Waals surface area contributed by atoms with E-state index in [-0.39, 0.29) is 0 Å². The van der Waals surface area contributed by atoms with E-state index in [9.17, 15) is 19.5 Å². The Labute approximate surface area is 139 Å². The number of hydrogen-bond donors (Lipinski definition) is 2. The molecule has 1 heterocycles. The summed E-state index contributed by atoms with van der Waals surface area (Å²) in [4.78, 5) is 37.5. The molecule has 0 saturated carbocycles. The zero-order chi connectivity index (χ0) is 17.7. The number of carbonyl (C=O) groups is 3. The molecular formula is C18H18N2O4. The molecule has 6 nitrogen and oxygen atoms in total. The van der Waals surface area contributed by atoms with Gasteiger partial charge in [-0.3, -0.25) is 4.79 Å². The number of imide groups is 1. The Morgan fingerprint density at radius 1 is 1.12 bits per heavy atom. The molecule has 1 atom stereocenters. The maximum absolute atomic E-state index is 12.9. The zero-order valence-corrected chi connectivity index (χ0v) is 13.7. The molecule has 2 aromatic rings. The van der Waals surface area contributed by atoms with Crippen LogP contribution in [0.5, 0.6) is 0 Å². The average molecular weight is 326 g/mol. The van der Waals surface area contributed by atoms with Gasteiger partial charge in [-0.25, -0.2) is 14.5 Å². The molecule has 1 fully saturated rings. The molecule has 124 valence electrons. The Balaban J connectivity index is 2.08. The fourth-order valence-electron chi connectivity index (χ4n) is 2.94. The summed E-state index contributed by atoms with van der Waals surface area (Å²) in [5.41, 5.74) is -2.31. The number of urea groups is 1. The van der Waals surface area contributed by atoms with Crippen molar-refractivity contribution in [1.82, 2.24) is 10.2 Å². The summed E-state index contributed by atoms with van der Waals surface area (Å²) in [6, 6.07) is 12.5. The Kier molecular flexibility index (Phi) is 3.37. The lowest BCUT2D eigenvalue weighted by Crippen LogP contribution is -2.54. The fourth-order valence-corrected chi connectivity index (χ4v) is 2.94. The number of carbonyl (C=O) groups excluding carboxylic acids is 2. The predicted molar refractivity (Wildman–Crippen MR) is 88.4 cm³/mol. The maximum atomic E-state index is 12.9. The second-order valence-electron chi connectivity index (χ2n) is 6.62. The number of rotatable bonds is 3. The number of amides is 3. The highest BCUT2D eigenvalue weighted by atomic mass is 16.4. The molecule has 0 aromatic heterocycles. The third-order valence-corrected chi connectivity index (χ3v) is 4.60. The van der Waals surface area contributed by atoms with Gasteiger partial charge in [0, 0.05) is 0 Å². The number of nitrogens with one attached hydrogen (secondary N) is 1. The zero-order valence-electron chi connectivity index (χ0n) is 13.7. The lowest BCUT2D eigenvalue weighted by Gasteiger charge is -2.30. The van der Waals surface area contributed by atoms with Crippen LogP contribution >= 0.6 is 0 Å².